The van der Waals surface area contributed by atoms with Gasteiger partial charge in [0.15, 0.2) is 0 Å². The van der Waals surface area contributed by atoms with Crippen LogP contribution in [-0.2, 0) is 10.0 Å². The first-order chi connectivity index (χ1) is 8.53. The lowest BCUT2D eigenvalue weighted by Gasteiger charge is -2.07. The van der Waals surface area contributed by atoms with Crippen molar-refractivity contribution in [2.24, 2.45) is 0 Å². The van der Waals surface area contributed by atoms with Gasteiger partial charge in [0.05, 0.1) is 16.5 Å². The van der Waals surface area contributed by atoms with Crippen molar-refractivity contribution in [1.82, 2.24) is 10.2 Å². The van der Waals surface area contributed by atoms with E-state index >= 15 is 0 Å². The second-order valence-corrected chi connectivity index (χ2v) is 5.93. The third kappa shape index (κ3) is 2.47. The number of anilines is 1. The van der Waals surface area contributed by atoms with Gasteiger partial charge in [0.25, 0.3) is 10.0 Å². The van der Waals surface area contributed by atoms with Crippen molar-refractivity contribution in [3.63, 3.8) is 0 Å². The first kappa shape index (κ1) is 12.5. The molecule has 1 heterocycles. The highest BCUT2D eigenvalue weighted by molar-refractivity contribution is 7.93. The molecule has 0 radical (unpaired) electrons. The second kappa shape index (κ2) is 4.72. The molecule has 1 aromatic heterocycles. The van der Waals surface area contributed by atoms with E-state index in [1.807, 2.05) is 6.07 Å². The molecule has 0 amide bonds. The molecule has 0 unspecified atom stereocenters. The summed E-state index contributed by atoms with van der Waals surface area (Å²) in [5, 5.41) is 16.1. The number of aromatic nitrogens is 2. The van der Waals surface area contributed by atoms with Gasteiger partial charge in [-0.25, -0.2) is 8.42 Å². The van der Waals surface area contributed by atoms with Crippen molar-refractivity contribution in [2.75, 3.05) is 4.72 Å². The maximum Gasteiger partial charge on any atom is 0.264 e. The molecular formula is C10H8N4O2S2. The second-order valence-electron chi connectivity index (χ2n) is 3.44. The number of nitrogens with one attached hydrogen (secondary N) is 1. The molecule has 18 heavy (non-hydrogen) atoms. The first-order valence-corrected chi connectivity index (χ1v) is 7.19. The number of hydrogen-bond donors (Lipinski definition) is 1. The average Bonchev–Trinajstić information content (AvgIpc) is 2.81. The highest BCUT2D eigenvalue weighted by Crippen LogP contribution is 2.20. The van der Waals surface area contributed by atoms with Gasteiger partial charge in [-0.05, 0) is 24.6 Å². The highest BCUT2D eigenvalue weighted by Gasteiger charge is 2.18. The monoisotopic (exact) mass is 280 g/mol. The van der Waals surface area contributed by atoms with Gasteiger partial charge in [-0.1, -0.05) is 17.4 Å². The smallest absolute Gasteiger partial charge is 0.253 e. The summed E-state index contributed by atoms with van der Waals surface area (Å²) in [6.45, 7) is 1.66. The number of rotatable bonds is 3. The van der Waals surface area contributed by atoms with Crippen LogP contribution < -0.4 is 4.72 Å². The Bertz CT molecular complexity index is 702. The van der Waals surface area contributed by atoms with Crippen LogP contribution in [0.15, 0.2) is 28.6 Å². The van der Waals surface area contributed by atoms with Gasteiger partial charge >= 0.3 is 0 Å². The topological polar surface area (TPSA) is 95.7 Å². The van der Waals surface area contributed by atoms with Crippen molar-refractivity contribution in [3.8, 4) is 6.07 Å². The average molecular weight is 280 g/mol. The Morgan fingerprint density at radius 3 is 2.83 bits per heavy atom. The largest absolute Gasteiger partial charge is 0.264 e. The van der Waals surface area contributed by atoms with E-state index in [0.29, 0.717) is 11.1 Å². The van der Waals surface area contributed by atoms with Crippen LogP contribution >= 0.6 is 11.3 Å². The summed E-state index contributed by atoms with van der Waals surface area (Å²) in [6, 6.07) is 6.40. The Labute approximate surface area is 108 Å². The lowest BCUT2D eigenvalue weighted by Crippen LogP contribution is -2.14. The Morgan fingerprint density at radius 1 is 1.44 bits per heavy atom. The molecule has 6 nitrogen and oxygen atoms in total. The zero-order valence-corrected chi connectivity index (χ0v) is 10.9. The summed E-state index contributed by atoms with van der Waals surface area (Å²) in [5.74, 6) is 0. The lowest BCUT2D eigenvalue weighted by atomic mass is 10.2. The molecule has 0 bridgehead atoms. The van der Waals surface area contributed by atoms with E-state index in [-0.39, 0.29) is 10.0 Å². The molecule has 0 aliphatic heterocycles. The molecule has 1 aromatic carbocycles. The SMILES string of the molecule is Cc1ccc(C#N)cc1S(=O)(=O)Nc1nncs1. The van der Waals surface area contributed by atoms with E-state index in [1.165, 1.54) is 11.6 Å². The van der Waals surface area contributed by atoms with E-state index < -0.39 is 10.0 Å². The molecule has 0 saturated heterocycles. The Kier molecular flexibility index (Phi) is 3.27. The minimum atomic E-state index is -3.74. The van der Waals surface area contributed by atoms with E-state index in [9.17, 15) is 8.42 Å². The molecule has 0 aliphatic rings. The first-order valence-electron chi connectivity index (χ1n) is 4.82. The van der Waals surface area contributed by atoms with Crippen molar-refractivity contribution in [3.05, 3.63) is 34.8 Å². The highest BCUT2D eigenvalue weighted by atomic mass is 32.2. The predicted octanol–water partition coefficient (Wildman–Crippen LogP) is 1.52. The summed E-state index contributed by atoms with van der Waals surface area (Å²) in [6.07, 6.45) is 0. The minimum Gasteiger partial charge on any atom is -0.253 e. The molecule has 0 atom stereocenters. The lowest BCUT2D eigenvalue weighted by molar-refractivity contribution is 0.600. The van der Waals surface area contributed by atoms with Crippen molar-refractivity contribution >= 4 is 26.5 Å². The van der Waals surface area contributed by atoms with Gasteiger partial charge in [-0.15, -0.1) is 10.2 Å². The van der Waals surface area contributed by atoms with E-state index in [4.69, 9.17) is 5.26 Å². The maximum absolute atomic E-state index is 12.1. The van der Waals surface area contributed by atoms with Gasteiger partial charge in [0.1, 0.15) is 5.51 Å². The van der Waals surface area contributed by atoms with Crippen LogP contribution in [0.2, 0.25) is 0 Å². The third-order valence-corrected chi connectivity index (χ3v) is 4.41. The number of hydrogen-bond acceptors (Lipinski definition) is 6. The summed E-state index contributed by atoms with van der Waals surface area (Å²) in [4.78, 5) is 0.0664. The minimum absolute atomic E-state index is 0.0664. The van der Waals surface area contributed by atoms with Gasteiger partial charge in [-0.3, -0.25) is 4.72 Å². The van der Waals surface area contributed by atoms with Gasteiger partial charge in [0, 0.05) is 0 Å². The summed E-state index contributed by atoms with van der Waals surface area (Å²) >= 11 is 1.08. The molecule has 2 aromatic rings. The predicted molar refractivity (Wildman–Crippen MR) is 66.6 cm³/mol. The quantitative estimate of drug-likeness (QED) is 0.919. The normalized spacial score (nSPS) is 10.9. The standard InChI is InChI=1S/C10H8N4O2S2/c1-7-2-3-8(5-11)4-9(7)18(15,16)14-10-13-12-6-17-10/h2-4,6H,1H3,(H,13,14). The van der Waals surface area contributed by atoms with Crippen LogP contribution in [-0.4, -0.2) is 18.6 Å². The van der Waals surface area contributed by atoms with Crippen LogP contribution in [0.4, 0.5) is 5.13 Å². The fraction of sp³-hybridized carbons (Fsp3) is 0.100. The zero-order valence-electron chi connectivity index (χ0n) is 9.28. The van der Waals surface area contributed by atoms with Crippen LogP contribution in [0.25, 0.3) is 0 Å². The summed E-state index contributed by atoms with van der Waals surface area (Å²) < 4.78 is 26.5. The Hall–Kier alpha value is -1.98. The van der Waals surface area contributed by atoms with Crippen LogP contribution in [0, 0.1) is 18.3 Å². The number of nitriles is 1. The maximum atomic E-state index is 12.1. The fourth-order valence-electron chi connectivity index (χ4n) is 1.35. The van der Waals surface area contributed by atoms with Gasteiger partial charge in [-0.2, -0.15) is 5.26 Å². The molecule has 8 heteroatoms. The molecule has 0 saturated carbocycles. The summed E-state index contributed by atoms with van der Waals surface area (Å²) in [7, 11) is -3.74. The molecule has 92 valence electrons. The van der Waals surface area contributed by atoms with Gasteiger partial charge < -0.3 is 0 Å². The molecule has 2 rings (SSSR count). The zero-order chi connectivity index (χ0) is 13.2. The Morgan fingerprint density at radius 2 is 2.22 bits per heavy atom. The molecule has 0 fully saturated rings. The molecule has 0 aliphatic carbocycles. The van der Waals surface area contributed by atoms with Crippen LogP contribution in [0.3, 0.4) is 0 Å². The van der Waals surface area contributed by atoms with E-state index in [1.54, 1.807) is 19.1 Å². The Balaban J connectivity index is 2.44. The van der Waals surface area contributed by atoms with E-state index in [2.05, 4.69) is 14.9 Å². The van der Waals surface area contributed by atoms with Gasteiger partial charge in [0.2, 0.25) is 5.13 Å². The van der Waals surface area contributed by atoms with Crippen LogP contribution in [0.5, 0.6) is 0 Å². The third-order valence-electron chi connectivity index (χ3n) is 2.19. The summed E-state index contributed by atoms with van der Waals surface area (Å²) in [5.41, 5.74) is 2.28. The molecule has 1 N–H and O–H groups in total. The number of sulfonamides is 1. The number of benzene rings is 1. The number of nitrogens with zero attached hydrogens (tertiary/aromatic N) is 3. The fourth-order valence-corrected chi connectivity index (χ4v) is 3.31. The van der Waals surface area contributed by atoms with Crippen LogP contribution in [0.1, 0.15) is 11.1 Å². The molecular weight excluding hydrogens is 272 g/mol. The van der Waals surface area contributed by atoms with Crippen molar-refractivity contribution in [2.45, 2.75) is 11.8 Å². The van der Waals surface area contributed by atoms with Crippen molar-refractivity contribution in [1.29, 1.82) is 5.26 Å². The van der Waals surface area contributed by atoms with E-state index in [0.717, 1.165) is 11.3 Å². The molecule has 0 spiro atoms. The number of aryl methyl sites for hydroxylation is 1. The van der Waals surface area contributed by atoms with Crippen molar-refractivity contribution < 1.29 is 8.42 Å².